The number of hydrogen-bond donors (Lipinski definition) is 0. The second-order valence-corrected chi connectivity index (χ2v) is 5.18. The van der Waals surface area contributed by atoms with Gasteiger partial charge in [-0.05, 0) is 31.9 Å². The molecule has 1 atom stereocenters. The van der Waals surface area contributed by atoms with Crippen LogP contribution in [0.3, 0.4) is 0 Å². The fourth-order valence-electron chi connectivity index (χ4n) is 2.85. The van der Waals surface area contributed by atoms with Crippen molar-refractivity contribution >= 4 is 16.9 Å². The van der Waals surface area contributed by atoms with Crippen LogP contribution in [0, 0.1) is 0 Å². The van der Waals surface area contributed by atoms with Crippen molar-refractivity contribution in [2.75, 3.05) is 19.8 Å². The summed E-state index contributed by atoms with van der Waals surface area (Å²) in [5, 5.41) is 0. The van der Waals surface area contributed by atoms with Crippen LogP contribution in [0.1, 0.15) is 30.1 Å². The molecule has 0 aliphatic carbocycles. The maximum atomic E-state index is 12.8. The molecule has 1 amide bonds. The van der Waals surface area contributed by atoms with Crippen LogP contribution in [0.2, 0.25) is 0 Å². The van der Waals surface area contributed by atoms with E-state index in [0.717, 1.165) is 24.9 Å². The molecule has 2 aromatic rings. The summed E-state index contributed by atoms with van der Waals surface area (Å²) in [5.41, 5.74) is 2.06. The van der Waals surface area contributed by atoms with Gasteiger partial charge in [0.05, 0.1) is 23.7 Å². The molecule has 0 saturated carbocycles. The van der Waals surface area contributed by atoms with Crippen molar-refractivity contribution in [3.63, 3.8) is 0 Å². The smallest absolute Gasteiger partial charge is 0.256 e. The standard InChI is InChI=1S/C16H19N3O2/c1-2-21-11-12-5-4-10-19(12)16(20)13-6-3-7-14-15(13)18-9-8-17-14/h3,6-9,12H,2,4-5,10-11H2,1H3. The summed E-state index contributed by atoms with van der Waals surface area (Å²) in [4.78, 5) is 23.3. The molecular formula is C16H19N3O2. The van der Waals surface area contributed by atoms with Gasteiger partial charge in [0.15, 0.2) is 0 Å². The summed E-state index contributed by atoms with van der Waals surface area (Å²) >= 11 is 0. The highest BCUT2D eigenvalue weighted by atomic mass is 16.5. The maximum Gasteiger partial charge on any atom is 0.256 e. The van der Waals surface area contributed by atoms with Gasteiger partial charge in [0.2, 0.25) is 0 Å². The number of carbonyl (C=O) groups excluding carboxylic acids is 1. The molecule has 21 heavy (non-hydrogen) atoms. The number of amides is 1. The highest BCUT2D eigenvalue weighted by Crippen LogP contribution is 2.23. The summed E-state index contributed by atoms with van der Waals surface area (Å²) in [6.45, 7) is 4.05. The van der Waals surface area contributed by atoms with Gasteiger partial charge in [-0.15, -0.1) is 0 Å². The minimum absolute atomic E-state index is 0.0308. The topological polar surface area (TPSA) is 55.3 Å². The summed E-state index contributed by atoms with van der Waals surface area (Å²) in [5.74, 6) is 0.0308. The summed E-state index contributed by atoms with van der Waals surface area (Å²) in [6, 6.07) is 5.73. The number of para-hydroxylation sites is 1. The quantitative estimate of drug-likeness (QED) is 0.864. The lowest BCUT2D eigenvalue weighted by molar-refractivity contribution is 0.0566. The summed E-state index contributed by atoms with van der Waals surface area (Å²) < 4.78 is 5.50. The lowest BCUT2D eigenvalue weighted by Gasteiger charge is -2.24. The molecule has 1 aromatic carbocycles. The molecule has 5 heteroatoms. The van der Waals surface area contributed by atoms with Crippen LogP contribution >= 0.6 is 0 Å². The Morgan fingerprint density at radius 1 is 1.38 bits per heavy atom. The van der Waals surface area contributed by atoms with Gasteiger partial charge >= 0.3 is 0 Å². The van der Waals surface area contributed by atoms with E-state index in [1.165, 1.54) is 0 Å². The van der Waals surface area contributed by atoms with Crippen LogP contribution in [0.5, 0.6) is 0 Å². The van der Waals surface area contributed by atoms with Gasteiger partial charge in [0.1, 0.15) is 5.52 Å². The first-order valence-corrected chi connectivity index (χ1v) is 7.39. The number of ether oxygens (including phenoxy) is 1. The summed E-state index contributed by atoms with van der Waals surface area (Å²) in [6.07, 6.45) is 5.30. The fourth-order valence-corrected chi connectivity index (χ4v) is 2.85. The Bertz CT molecular complexity index is 639. The van der Waals surface area contributed by atoms with Crippen LogP contribution in [0.15, 0.2) is 30.6 Å². The average molecular weight is 285 g/mol. The van der Waals surface area contributed by atoms with E-state index in [1.807, 2.05) is 30.0 Å². The van der Waals surface area contributed by atoms with Crippen LogP contribution in [0.25, 0.3) is 11.0 Å². The van der Waals surface area contributed by atoms with Gasteiger partial charge < -0.3 is 9.64 Å². The lowest BCUT2D eigenvalue weighted by atomic mass is 10.1. The van der Waals surface area contributed by atoms with Gasteiger partial charge in [0.25, 0.3) is 5.91 Å². The zero-order valence-electron chi connectivity index (χ0n) is 12.2. The molecule has 0 radical (unpaired) electrons. The molecular weight excluding hydrogens is 266 g/mol. The Labute approximate surface area is 124 Å². The third kappa shape index (κ3) is 2.74. The molecule has 1 unspecified atom stereocenters. The van der Waals surface area contributed by atoms with E-state index >= 15 is 0 Å². The second-order valence-electron chi connectivity index (χ2n) is 5.18. The molecule has 0 spiro atoms. The highest BCUT2D eigenvalue weighted by Gasteiger charge is 2.30. The van der Waals surface area contributed by atoms with Gasteiger partial charge in [-0.3, -0.25) is 14.8 Å². The maximum absolute atomic E-state index is 12.8. The number of hydrogen-bond acceptors (Lipinski definition) is 4. The van der Waals surface area contributed by atoms with Crippen molar-refractivity contribution < 1.29 is 9.53 Å². The number of benzene rings is 1. The molecule has 1 aliphatic heterocycles. The molecule has 1 fully saturated rings. The van der Waals surface area contributed by atoms with Crippen molar-refractivity contribution in [3.8, 4) is 0 Å². The molecule has 0 bridgehead atoms. The van der Waals surface area contributed by atoms with Gasteiger partial charge in [0, 0.05) is 25.5 Å². The lowest BCUT2D eigenvalue weighted by Crippen LogP contribution is -2.38. The molecule has 1 saturated heterocycles. The van der Waals surface area contributed by atoms with Crippen molar-refractivity contribution in [1.29, 1.82) is 0 Å². The summed E-state index contributed by atoms with van der Waals surface area (Å²) in [7, 11) is 0. The van der Waals surface area contributed by atoms with E-state index in [4.69, 9.17) is 4.74 Å². The zero-order chi connectivity index (χ0) is 14.7. The molecule has 2 heterocycles. The largest absolute Gasteiger partial charge is 0.380 e. The molecule has 1 aromatic heterocycles. The molecule has 0 N–H and O–H groups in total. The minimum Gasteiger partial charge on any atom is -0.380 e. The number of likely N-dealkylation sites (tertiary alicyclic amines) is 1. The number of nitrogens with zero attached hydrogens (tertiary/aromatic N) is 3. The Morgan fingerprint density at radius 3 is 3.10 bits per heavy atom. The van der Waals surface area contributed by atoms with Crippen molar-refractivity contribution in [1.82, 2.24) is 14.9 Å². The molecule has 110 valence electrons. The van der Waals surface area contributed by atoms with E-state index in [0.29, 0.717) is 24.3 Å². The Kier molecular flexibility index (Phi) is 4.10. The Morgan fingerprint density at radius 2 is 2.24 bits per heavy atom. The van der Waals surface area contributed by atoms with E-state index in [1.54, 1.807) is 12.4 Å². The van der Waals surface area contributed by atoms with Crippen LogP contribution in [-0.2, 0) is 4.74 Å². The van der Waals surface area contributed by atoms with Crippen molar-refractivity contribution in [3.05, 3.63) is 36.2 Å². The van der Waals surface area contributed by atoms with Crippen LogP contribution in [-0.4, -0.2) is 46.6 Å². The molecule has 3 rings (SSSR count). The second kappa shape index (κ2) is 6.18. The van der Waals surface area contributed by atoms with Gasteiger partial charge in [-0.1, -0.05) is 6.07 Å². The first kappa shape index (κ1) is 13.9. The molecule has 5 nitrogen and oxygen atoms in total. The number of aromatic nitrogens is 2. The van der Waals surface area contributed by atoms with Crippen LogP contribution < -0.4 is 0 Å². The van der Waals surface area contributed by atoms with Crippen molar-refractivity contribution in [2.24, 2.45) is 0 Å². The van der Waals surface area contributed by atoms with Crippen LogP contribution in [0.4, 0.5) is 0 Å². The number of rotatable bonds is 4. The predicted molar refractivity (Wildman–Crippen MR) is 80.1 cm³/mol. The third-order valence-corrected chi connectivity index (χ3v) is 3.88. The minimum atomic E-state index is 0.0308. The fraction of sp³-hybridized carbons (Fsp3) is 0.438. The van der Waals surface area contributed by atoms with Crippen molar-refractivity contribution in [2.45, 2.75) is 25.8 Å². The SMILES string of the molecule is CCOCC1CCCN1C(=O)c1cccc2nccnc12. The monoisotopic (exact) mass is 285 g/mol. The Balaban J connectivity index is 1.89. The number of fused-ring (bicyclic) bond motifs is 1. The van der Waals surface area contributed by atoms with Gasteiger partial charge in [-0.2, -0.15) is 0 Å². The van der Waals surface area contributed by atoms with E-state index in [-0.39, 0.29) is 11.9 Å². The van der Waals surface area contributed by atoms with Gasteiger partial charge in [-0.25, -0.2) is 0 Å². The zero-order valence-corrected chi connectivity index (χ0v) is 12.2. The number of carbonyl (C=O) groups is 1. The van der Waals surface area contributed by atoms with E-state index < -0.39 is 0 Å². The average Bonchev–Trinajstić information content (AvgIpc) is 3.00. The third-order valence-electron chi connectivity index (χ3n) is 3.88. The van der Waals surface area contributed by atoms with E-state index in [2.05, 4.69) is 9.97 Å². The predicted octanol–water partition coefficient (Wildman–Crippen LogP) is 2.27. The Hall–Kier alpha value is -2.01. The van der Waals surface area contributed by atoms with E-state index in [9.17, 15) is 4.79 Å². The first-order valence-electron chi connectivity index (χ1n) is 7.39. The first-order chi connectivity index (χ1) is 10.3. The normalized spacial score (nSPS) is 18.3. The highest BCUT2D eigenvalue weighted by molar-refractivity contribution is 6.04. The molecule has 1 aliphatic rings.